The smallest absolute Gasteiger partial charge is 0.387 e. The van der Waals surface area contributed by atoms with Gasteiger partial charge in [-0.15, -0.1) is 0 Å². The Morgan fingerprint density at radius 1 is 1.14 bits per heavy atom. The number of ether oxygens (including phenoxy) is 1. The van der Waals surface area contributed by atoms with Gasteiger partial charge in [-0.2, -0.15) is 8.78 Å². The zero-order valence-electron chi connectivity index (χ0n) is 10.9. The minimum atomic E-state index is -2.86. The number of rotatable bonds is 5. The molecule has 0 spiro atoms. The number of para-hydroxylation sites is 1. The molecule has 0 radical (unpaired) electrons. The van der Waals surface area contributed by atoms with E-state index in [1.54, 1.807) is 36.4 Å². The second kappa shape index (κ2) is 7.04. The average Bonchev–Trinajstić information content (AvgIpc) is 2.43. The van der Waals surface area contributed by atoms with Crippen LogP contribution in [0, 0.1) is 0 Å². The van der Waals surface area contributed by atoms with Gasteiger partial charge in [0.2, 0.25) is 5.91 Å². The Hall–Kier alpha value is -2.14. The number of carbonyl (C=O) groups is 1. The van der Waals surface area contributed by atoms with Crippen LogP contribution in [-0.2, 0) is 11.2 Å². The summed E-state index contributed by atoms with van der Waals surface area (Å²) >= 11 is 5.94. The van der Waals surface area contributed by atoms with Crippen molar-refractivity contribution in [2.45, 2.75) is 13.0 Å². The maximum Gasteiger partial charge on any atom is 0.387 e. The van der Waals surface area contributed by atoms with Crippen LogP contribution in [0.4, 0.5) is 14.5 Å². The van der Waals surface area contributed by atoms with Crippen LogP contribution in [0.5, 0.6) is 5.75 Å². The minimum absolute atomic E-state index is 0.0558. The van der Waals surface area contributed by atoms with E-state index in [0.717, 1.165) is 0 Å². The largest absolute Gasteiger partial charge is 0.435 e. The van der Waals surface area contributed by atoms with Crippen molar-refractivity contribution in [3.8, 4) is 5.75 Å². The number of hydrogen-bond donors (Lipinski definition) is 1. The molecule has 0 atom stereocenters. The summed E-state index contributed by atoms with van der Waals surface area (Å²) in [5, 5.41) is 3.13. The number of amides is 1. The van der Waals surface area contributed by atoms with Crippen LogP contribution in [0.3, 0.4) is 0 Å². The molecule has 0 aliphatic heterocycles. The third-order valence-electron chi connectivity index (χ3n) is 2.66. The molecule has 0 fully saturated rings. The summed E-state index contributed by atoms with van der Waals surface area (Å²) in [6.07, 6.45) is 0.111. The van der Waals surface area contributed by atoms with Gasteiger partial charge in [0.15, 0.2) is 0 Å². The zero-order valence-corrected chi connectivity index (χ0v) is 11.6. The fraction of sp³-hybridized carbons (Fsp3) is 0.133. The van der Waals surface area contributed by atoms with Crippen LogP contribution in [0.2, 0.25) is 5.02 Å². The minimum Gasteiger partial charge on any atom is -0.435 e. The van der Waals surface area contributed by atoms with Crippen LogP contribution in [0.1, 0.15) is 5.56 Å². The summed E-state index contributed by atoms with van der Waals surface area (Å²) in [5.74, 6) is -0.189. The molecule has 21 heavy (non-hydrogen) atoms. The van der Waals surface area contributed by atoms with E-state index in [2.05, 4.69) is 10.1 Å². The van der Waals surface area contributed by atoms with Gasteiger partial charge in [-0.05, 0) is 29.8 Å². The highest BCUT2D eigenvalue weighted by Gasteiger charge is 2.08. The van der Waals surface area contributed by atoms with Gasteiger partial charge in [-0.3, -0.25) is 4.79 Å². The molecule has 0 aliphatic carbocycles. The summed E-state index contributed by atoms with van der Waals surface area (Å²) in [5.41, 5.74) is 1.21. The van der Waals surface area contributed by atoms with E-state index >= 15 is 0 Å². The lowest BCUT2D eigenvalue weighted by Crippen LogP contribution is -2.14. The summed E-state index contributed by atoms with van der Waals surface area (Å²) in [6, 6.07) is 12.8. The number of nitrogens with one attached hydrogen (secondary N) is 1. The molecule has 0 aromatic heterocycles. The summed E-state index contributed by atoms with van der Waals surface area (Å²) < 4.78 is 28.3. The molecule has 1 N–H and O–H groups in total. The summed E-state index contributed by atoms with van der Waals surface area (Å²) in [4.78, 5) is 11.9. The number of benzene rings is 2. The molecule has 3 nitrogen and oxygen atoms in total. The molecular weight excluding hydrogens is 300 g/mol. The molecule has 6 heteroatoms. The van der Waals surface area contributed by atoms with E-state index in [1.807, 2.05) is 0 Å². The van der Waals surface area contributed by atoms with Crippen molar-refractivity contribution in [3.05, 3.63) is 59.1 Å². The predicted molar refractivity (Wildman–Crippen MR) is 76.9 cm³/mol. The van der Waals surface area contributed by atoms with Crippen molar-refractivity contribution < 1.29 is 18.3 Å². The zero-order chi connectivity index (χ0) is 15.2. The van der Waals surface area contributed by atoms with Crippen LogP contribution >= 0.6 is 11.6 Å². The van der Waals surface area contributed by atoms with E-state index in [-0.39, 0.29) is 18.1 Å². The Balaban J connectivity index is 1.95. The van der Waals surface area contributed by atoms with E-state index in [4.69, 9.17) is 11.6 Å². The van der Waals surface area contributed by atoms with Crippen molar-refractivity contribution in [1.29, 1.82) is 0 Å². The predicted octanol–water partition coefficient (Wildman–Crippen LogP) is 4.12. The first kappa shape index (κ1) is 15.3. The van der Waals surface area contributed by atoms with E-state index in [9.17, 15) is 13.6 Å². The Bertz CT molecular complexity index is 617. The normalized spacial score (nSPS) is 10.5. The summed E-state index contributed by atoms with van der Waals surface area (Å²) in [7, 11) is 0. The highest BCUT2D eigenvalue weighted by Crippen LogP contribution is 2.21. The fourth-order valence-electron chi connectivity index (χ4n) is 1.73. The fourth-order valence-corrected chi connectivity index (χ4v) is 1.91. The van der Waals surface area contributed by atoms with Crippen molar-refractivity contribution >= 4 is 23.2 Å². The lowest BCUT2D eigenvalue weighted by Gasteiger charge is -2.08. The van der Waals surface area contributed by atoms with Crippen molar-refractivity contribution in [3.63, 3.8) is 0 Å². The molecule has 2 aromatic rings. The van der Waals surface area contributed by atoms with E-state index < -0.39 is 6.61 Å². The van der Waals surface area contributed by atoms with Crippen LogP contribution in [-0.4, -0.2) is 12.5 Å². The highest BCUT2D eigenvalue weighted by molar-refractivity contribution is 6.33. The Morgan fingerprint density at radius 3 is 2.43 bits per heavy atom. The molecule has 0 bridgehead atoms. The second-order valence-electron chi connectivity index (χ2n) is 4.23. The van der Waals surface area contributed by atoms with Gasteiger partial charge >= 0.3 is 6.61 Å². The van der Waals surface area contributed by atoms with Gasteiger partial charge in [0.05, 0.1) is 17.1 Å². The quantitative estimate of drug-likeness (QED) is 0.902. The Labute approximate surface area is 125 Å². The lowest BCUT2D eigenvalue weighted by atomic mass is 10.1. The van der Waals surface area contributed by atoms with Gasteiger partial charge in [0.1, 0.15) is 5.75 Å². The van der Waals surface area contributed by atoms with Crippen molar-refractivity contribution in [1.82, 2.24) is 0 Å². The maximum absolute atomic E-state index is 12.0. The lowest BCUT2D eigenvalue weighted by molar-refractivity contribution is -0.115. The van der Waals surface area contributed by atoms with Gasteiger partial charge in [-0.1, -0.05) is 35.9 Å². The molecule has 1 amide bonds. The number of halogens is 3. The third kappa shape index (κ3) is 4.72. The van der Waals surface area contributed by atoms with Gasteiger partial charge < -0.3 is 10.1 Å². The standard InChI is InChI=1S/C15H12ClF2NO2/c16-12-3-1-2-4-13(12)19-14(20)9-10-5-7-11(8-6-10)21-15(17)18/h1-8,15H,9H2,(H,19,20). The van der Waals surface area contributed by atoms with Crippen molar-refractivity contribution in [2.24, 2.45) is 0 Å². The first-order valence-corrected chi connectivity index (χ1v) is 6.50. The molecule has 0 saturated heterocycles. The number of carbonyl (C=O) groups excluding carboxylic acids is 1. The first-order chi connectivity index (χ1) is 10.0. The average molecular weight is 312 g/mol. The Kier molecular flexibility index (Phi) is 5.11. The highest BCUT2D eigenvalue weighted by atomic mass is 35.5. The summed E-state index contributed by atoms with van der Waals surface area (Å²) in [6.45, 7) is -2.86. The molecule has 0 unspecified atom stereocenters. The van der Waals surface area contributed by atoms with Gasteiger partial charge in [0, 0.05) is 0 Å². The van der Waals surface area contributed by atoms with E-state index in [0.29, 0.717) is 16.3 Å². The topological polar surface area (TPSA) is 38.3 Å². The SMILES string of the molecule is O=C(Cc1ccc(OC(F)F)cc1)Nc1ccccc1Cl. The van der Waals surface area contributed by atoms with Gasteiger partial charge in [-0.25, -0.2) is 0 Å². The van der Waals surface area contributed by atoms with Crippen LogP contribution in [0.25, 0.3) is 0 Å². The molecular formula is C15H12ClF2NO2. The molecule has 0 saturated carbocycles. The number of anilines is 1. The molecule has 0 heterocycles. The van der Waals surface area contributed by atoms with Crippen LogP contribution < -0.4 is 10.1 Å². The third-order valence-corrected chi connectivity index (χ3v) is 2.99. The number of hydrogen-bond acceptors (Lipinski definition) is 2. The maximum atomic E-state index is 12.0. The molecule has 110 valence electrons. The van der Waals surface area contributed by atoms with Crippen LogP contribution in [0.15, 0.2) is 48.5 Å². The monoisotopic (exact) mass is 311 g/mol. The first-order valence-electron chi connectivity index (χ1n) is 6.13. The van der Waals surface area contributed by atoms with E-state index in [1.165, 1.54) is 12.1 Å². The molecule has 2 rings (SSSR count). The molecule has 0 aliphatic rings. The van der Waals surface area contributed by atoms with Gasteiger partial charge in [0.25, 0.3) is 0 Å². The number of alkyl halides is 2. The second-order valence-corrected chi connectivity index (χ2v) is 4.63. The van der Waals surface area contributed by atoms with Crippen molar-refractivity contribution in [2.75, 3.05) is 5.32 Å². The Morgan fingerprint density at radius 2 is 1.81 bits per heavy atom. The molecule has 2 aromatic carbocycles.